The lowest BCUT2D eigenvalue weighted by Gasteiger charge is -2.15. The number of rotatable bonds is 6. The highest BCUT2D eigenvalue weighted by Gasteiger charge is 2.08. The van der Waals surface area contributed by atoms with Crippen molar-refractivity contribution >= 4 is 37.5 Å². The molecule has 0 aliphatic heterocycles. The van der Waals surface area contributed by atoms with Crippen LogP contribution < -0.4 is 10.1 Å². The Bertz CT molecular complexity index is 529. The minimum atomic E-state index is -0.589. The molecule has 1 unspecified atom stereocenters. The van der Waals surface area contributed by atoms with Crippen LogP contribution in [-0.4, -0.2) is 24.4 Å². The summed E-state index contributed by atoms with van der Waals surface area (Å²) in [6.45, 7) is 0.660. The molecule has 0 heterocycles. The Morgan fingerprint density at radius 3 is 2.30 bits per heavy atom. The van der Waals surface area contributed by atoms with Gasteiger partial charge in [0.2, 0.25) is 0 Å². The molecule has 0 radical (unpaired) electrons. The van der Waals surface area contributed by atoms with Gasteiger partial charge < -0.3 is 15.2 Å². The van der Waals surface area contributed by atoms with Gasteiger partial charge in [-0.05, 0) is 56.1 Å². The summed E-state index contributed by atoms with van der Waals surface area (Å²) in [4.78, 5) is 0. The van der Waals surface area contributed by atoms with E-state index in [0.29, 0.717) is 6.54 Å². The molecule has 2 rings (SSSR count). The Morgan fingerprint density at radius 2 is 1.65 bits per heavy atom. The number of ether oxygens (including phenoxy) is 1. The van der Waals surface area contributed by atoms with Crippen molar-refractivity contribution in [2.24, 2.45) is 0 Å². The zero-order chi connectivity index (χ0) is 14.4. The molecule has 1 atom stereocenters. The number of aliphatic hydroxyl groups excluding tert-OH is 1. The van der Waals surface area contributed by atoms with Crippen LogP contribution >= 0.6 is 31.9 Å². The molecule has 0 amide bonds. The molecule has 0 aliphatic rings. The van der Waals surface area contributed by atoms with Gasteiger partial charge in [-0.1, -0.05) is 24.3 Å². The second kappa shape index (κ2) is 7.67. The van der Waals surface area contributed by atoms with Gasteiger partial charge in [0, 0.05) is 15.5 Å². The zero-order valence-corrected chi connectivity index (χ0v) is 13.9. The van der Waals surface area contributed by atoms with Gasteiger partial charge >= 0.3 is 0 Å². The summed E-state index contributed by atoms with van der Waals surface area (Å²) in [5.41, 5.74) is 0.922. The molecule has 0 bridgehead atoms. The number of hydrogen-bond donors (Lipinski definition) is 2. The van der Waals surface area contributed by atoms with Crippen molar-refractivity contribution in [3.8, 4) is 5.75 Å². The fourth-order valence-electron chi connectivity index (χ4n) is 1.65. The van der Waals surface area contributed by atoms with E-state index in [1.165, 1.54) is 0 Å². The lowest BCUT2D eigenvalue weighted by atomic mass is 10.3. The van der Waals surface area contributed by atoms with Crippen molar-refractivity contribution in [2.45, 2.75) is 6.10 Å². The van der Waals surface area contributed by atoms with E-state index in [1.807, 2.05) is 48.5 Å². The third-order valence-electron chi connectivity index (χ3n) is 2.66. The van der Waals surface area contributed by atoms with Gasteiger partial charge in [0.05, 0.1) is 5.69 Å². The smallest absolute Gasteiger partial charge is 0.119 e. The predicted octanol–water partition coefficient (Wildman–Crippen LogP) is 4.06. The quantitative estimate of drug-likeness (QED) is 0.768. The van der Waals surface area contributed by atoms with E-state index in [9.17, 15) is 5.11 Å². The van der Waals surface area contributed by atoms with Gasteiger partial charge in [0.15, 0.2) is 0 Å². The van der Waals surface area contributed by atoms with E-state index in [4.69, 9.17) is 4.74 Å². The van der Waals surface area contributed by atoms with Crippen molar-refractivity contribution < 1.29 is 9.84 Å². The third-order valence-corrected chi connectivity index (χ3v) is 3.98. The molecule has 2 aromatic carbocycles. The summed E-state index contributed by atoms with van der Waals surface area (Å²) < 4.78 is 7.40. The van der Waals surface area contributed by atoms with E-state index >= 15 is 0 Å². The van der Waals surface area contributed by atoms with Gasteiger partial charge in [0.1, 0.15) is 18.5 Å². The molecule has 0 aliphatic carbocycles. The van der Waals surface area contributed by atoms with Gasteiger partial charge in [-0.2, -0.15) is 0 Å². The third kappa shape index (κ3) is 4.51. The average molecular weight is 401 g/mol. The van der Waals surface area contributed by atoms with Crippen molar-refractivity contribution in [2.75, 3.05) is 18.5 Å². The molecule has 20 heavy (non-hydrogen) atoms. The summed E-state index contributed by atoms with van der Waals surface area (Å²) >= 11 is 6.94. The highest BCUT2D eigenvalue weighted by Crippen LogP contribution is 2.30. The molecular weight excluding hydrogens is 386 g/mol. The van der Waals surface area contributed by atoms with Crippen LogP contribution in [0.1, 0.15) is 0 Å². The second-order valence-corrected chi connectivity index (χ2v) is 5.96. The van der Waals surface area contributed by atoms with Crippen LogP contribution in [0, 0.1) is 0 Å². The SMILES string of the molecule is OC(CNc1c(Br)cccc1Br)COc1ccccc1. The van der Waals surface area contributed by atoms with Crippen molar-refractivity contribution in [3.05, 3.63) is 57.5 Å². The summed E-state index contributed by atoms with van der Waals surface area (Å²) in [6.07, 6.45) is -0.589. The predicted molar refractivity (Wildman–Crippen MR) is 88.3 cm³/mol. The van der Waals surface area contributed by atoms with Crippen LogP contribution in [-0.2, 0) is 0 Å². The number of halogens is 2. The Labute approximate surface area is 135 Å². The molecule has 5 heteroatoms. The summed E-state index contributed by atoms with van der Waals surface area (Å²) in [5.74, 6) is 0.758. The highest BCUT2D eigenvalue weighted by molar-refractivity contribution is 9.11. The molecule has 2 N–H and O–H groups in total. The van der Waals surface area contributed by atoms with Gasteiger partial charge in [-0.15, -0.1) is 0 Å². The van der Waals surface area contributed by atoms with Crippen LogP contribution in [0.4, 0.5) is 5.69 Å². The fourth-order valence-corrected chi connectivity index (χ4v) is 2.93. The van der Waals surface area contributed by atoms with Crippen LogP contribution in [0.2, 0.25) is 0 Å². The van der Waals surface area contributed by atoms with Crippen LogP contribution in [0.25, 0.3) is 0 Å². The Kier molecular flexibility index (Phi) is 5.88. The van der Waals surface area contributed by atoms with E-state index in [1.54, 1.807) is 0 Å². The topological polar surface area (TPSA) is 41.5 Å². The second-order valence-electron chi connectivity index (χ2n) is 4.26. The van der Waals surface area contributed by atoms with Gasteiger partial charge in [0.25, 0.3) is 0 Å². The maximum absolute atomic E-state index is 9.94. The monoisotopic (exact) mass is 399 g/mol. The molecule has 3 nitrogen and oxygen atoms in total. The maximum Gasteiger partial charge on any atom is 0.119 e. The first-order valence-corrected chi connectivity index (χ1v) is 7.79. The Balaban J connectivity index is 1.82. The number of aliphatic hydroxyl groups is 1. The fraction of sp³-hybridized carbons (Fsp3) is 0.200. The van der Waals surface area contributed by atoms with Crippen LogP contribution in [0.5, 0.6) is 5.75 Å². The van der Waals surface area contributed by atoms with Crippen LogP contribution in [0.3, 0.4) is 0 Å². The summed E-state index contributed by atoms with van der Waals surface area (Å²) in [7, 11) is 0. The van der Waals surface area contributed by atoms with Crippen molar-refractivity contribution in [1.29, 1.82) is 0 Å². The Hall–Kier alpha value is -1.04. The molecule has 106 valence electrons. The maximum atomic E-state index is 9.94. The number of para-hydroxylation sites is 2. The lowest BCUT2D eigenvalue weighted by Crippen LogP contribution is -2.26. The zero-order valence-electron chi connectivity index (χ0n) is 10.7. The standard InChI is InChI=1S/C15H15Br2NO2/c16-13-7-4-8-14(17)15(13)18-9-11(19)10-20-12-5-2-1-3-6-12/h1-8,11,18-19H,9-10H2. The van der Waals surface area contributed by atoms with E-state index < -0.39 is 6.10 Å². The van der Waals surface area contributed by atoms with Gasteiger partial charge in [-0.3, -0.25) is 0 Å². The molecule has 0 fully saturated rings. The van der Waals surface area contributed by atoms with E-state index in [0.717, 1.165) is 20.4 Å². The summed E-state index contributed by atoms with van der Waals surface area (Å²) in [6, 6.07) is 15.3. The van der Waals surface area contributed by atoms with Crippen molar-refractivity contribution in [1.82, 2.24) is 0 Å². The normalized spacial score (nSPS) is 11.9. The molecule has 0 saturated carbocycles. The number of nitrogens with one attached hydrogen (secondary N) is 1. The number of anilines is 1. The molecule has 2 aromatic rings. The summed E-state index contributed by atoms with van der Waals surface area (Å²) in [5, 5.41) is 13.1. The first-order chi connectivity index (χ1) is 9.66. The first kappa shape index (κ1) is 15.4. The van der Waals surface area contributed by atoms with Crippen LogP contribution in [0.15, 0.2) is 57.5 Å². The minimum absolute atomic E-state index is 0.249. The van der Waals surface area contributed by atoms with E-state index in [-0.39, 0.29) is 6.61 Å². The van der Waals surface area contributed by atoms with E-state index in [2.05, 4.69) is 37.2 Å². The molecule has 0 aromatic heterocycles. The molecule has 0 spiro atoms. The first-order valence-electron chi connectivity index (χ1n) is 6.20. The Morgan fingerprint density at radius 1 is 1.00 bits per heavy atom. The minimum Gasteiger partial charge on any atom is -0.491 e. The highest BCUT2D eigenvalue weighted by atomic mass is 79.9. The number of hydrogen-bond acceptors (Lipinski definition) is 3. The lowest BCUT2D eigenvalue weighted by molar-refractivity contribution is 0.117. The molecule has 0 saturated heterocycles. The average Bonchev–Trinajstić information content (AvgIpc) is 2.46. The van der Waals surface area contributed by atoms with Gasteiger partial charge in [-0.25, -0.2) is 0 Å². The molecular formula is C15H15Br2NO2. The number of benzene rings is 2. The largest absolute Gasteiger partial charge is 0.491 e. The van der Waals surface area contributed by atoms with Crippen molar-refractivity contribution in [3.63, 3.8) is 0 Å².